The summed E-state index contributed by atoms with van der Waals surface area (Å²) >= 11 is 2.12. The van der Waals surface area contributed by atoms with Crippen molar-refractivity contribution in [2.75, 3.05) is 7.11 Å². The highest BCUT2D eigenvalue weighted by Crippen LogP contribution is 2.30. The number of amides is 1. The van der Waals surface area contributed by atoms with Crippen molar-refractivity contribution < 1.29 is 22.1 Å². The number of ether oxygens (including phenoxy) is 1. The molecule has 9 heteroatoms. The molecule has 0 atom stereocenters. The third-order valence-electron chi connectivity index (χ3n) is 4.16. The Morgan fingerprint density at radius 2 is 1.77 bits per heavy atom. The van der Waals surface area contributed by atoms with Crippen LogP contribution in [0.2, 0.25) is 0 Å². The van der Waals surface area contributed by atoms with Gasteiger partial charge in [-0.3, -0.25) is 4.79 Å². The lowest BCUT2D eigenvalue weighted by atomic mass is 10.2. The van der Waals surface area contributed by atoms with E-state index in [2.05, 4.69) is 33.1 Å². The van der Waals surface area contributed by atoms with Gasteiger partial charge < -0.3 is 8.92 Å². The number of nitrogens with one attached hydrogen (secondary N) is 1. The molecule has 7 nitrogen and oxygen atoms in total. The Morgan fingerprint density at radius 3 is 2.45 bits per heavy atom. The molecule has 160 valence electrons. The number of carbonyl (C=O) groups excluding carboxylic acids is 1. The summed E-state index contributed by atoms with van der Waals surface area (Å²) in [6.45, 7) is 1.86. The second kappa shape index (κ2) is 9.92. The highest BCUT2D eigenvalue weighted by Gasteiger charge is 2.19. The Labute approximate surface area is 194 Å². The summed E-state index contributed by atoms with van der Waals surface area (Å²) in [4.78, 5) is 12.2. The van der Waals surface area contributed by atoms with Gasteiger partial charge in [-0.15, -0.1) is 0 Å². The number of carbonyl (C=O) groups is 1. The second-order valence-electron chi connectivity index (χ2n) is 6.47. The minimum Gasteiger partial charge on any atom is -0.493 e. The van der Waals surface area contributed by atoms with Crippen LogP contribution in [0.5, 0.6) is 11.5 Å². The fourth-order valence-corrected chi connectivity index (χ4v) is 4.05. The van der Waals surface area contributed by atoms with Gasteiger partial charge in [0.1, 0.15) is 4.90 Å². The van der Waals surface area contributed by atoms with Gasteiger partial charge in [0.15, 0.2) is 11.5 Å². The fourth-order valence-electron chi connectivity index (χ4n) is 2.57. The molecule has 3 rings (SSSR count). The molecule has 0 unspecified atom stereocenters. The van der Waals surface area contributed by atoms with Crippen molar-refractivity contribution in [3.8, 4) is 11.5 Å². The molecule has 0 bridgehead atoms. The maximum absolute atomic E-state index is 12.6. The first-order valence-electron chi connectivity index (χ1n) is 9.06. The first-order chi connectivity index (χ1) is 14.8. The predicted octanol–water partition coefficient (Wildman–Crippen LogP) is 4.14. The molecule has 0 spiro atoms. The van der Waals surface area contributed by atoms with Crippen molar-refractivity contribution >= 4 is 44.8 Å². The van der Waals surface area contributed by atoms with Crippen molar-refractivity contribution in [1.29, 1.82) is 0 Å². The molecular weight excluding hydrogens is 531 g/mol. The SMILES string of the molecule is COc1ccc(/C=N\NC(=O)c2cccc(I)c2)cc1OS(=O)(=O)c1ccc(C)cc1. The van der Waals surface area contributed by atoms with Gasteiger partial charge >= 0.3 is 10.1 Å². The lowest BCUT2D eigenvalue weighted by molar-refractivity contribution is 0.0955. The highest BCUT2D eigenvalue weighted by atomic mass is 127. The molecule has 1 N–H and O–H groups in total. The molecule has 0 fully saturated rings. The van der Waals surface area contributed by atoms with Gasteiger partial charge in [0, 0.05) is 9.13 Å². The molecular formula is C22H19IN2O5S. The van der Waals surface area contributed by atoms with E-state index in [1.54, 1.807) is 42.5 Å². The number of benzene rings is 3. The number of hydrazone groups is 1. The summed E-state index contributed by atoms with van der Waals surface area (Å²) in [5, 5.41) is 3.94. The maximum Gasteiger partial charge on any atom is 0.339 e. The molecule has 31 heavy (non-hydrogen) atoms. The summed E-state index contributed by atoms with van der Waals surface area (Å²) in [6.07, 6.45) is 1.39. The Hall–Kier alpha value is -2.92. The van der Waals surface area contributed by atoms with E-state index >= 15 is 0 Å². The molecule has 0 saturated heterocycles. The third-order valence-corrected chi connectivity index (χ3v) is 6.08. The van der Waals surface area contributed by atoms with Gasteiger partial charge in [0.2, 0.25) is 0 Å². The zero-order chi connectivity index (χ0) is 22.4. The molecule has 0 aliphatic heterocycles. The minimum atomic E-state index is -4.05. The van der Waals surface area contributed by atoms with E-state index in [0.29, 0.717) is 11.1 Å². The Bertz CT molecular complexity index is 1220. The number of halogens is 1. The highest BCUT2D eigenvalue weighted by molar-refractivity contribution is 14.1. The summed E-state index contributed by atoms with van der Waals surface area (Å²) in [7, 11) is -2.64. The topological polar surface area (TPSA) is 94.1 Å². The van der Waals surface area contributed by atoms with Crippen LogP contribution in [-0.4, -0.2) is 27.6 Å². The Morgan fingerprint density at radius 1 is 1.03 bits per heavy atom. The smallest absolute Gasteiger partial charge is 0.339 e. The first-order valence-corrected chi connectivity index (χ1v) is 11.6. The molecule has 0 aliphatic rings. The van der Waals surface area contributed by atoms with Crippen molar-refractivity contribution in [3.63, 3.8) is 0 Å². The fraction of sp³-hybridized carbons (Fsp3) is 0.0909. The van der Waals surface area contributed by atoms with Crippen LogP contribution in [0, 0.1) is 10.5 Å². The molecule has 0 aliphatic carbocycles. The molecule has 0 saturated carbocycles. The summed E-state index contributed by atoms with van der Waals surface area (Å²) in [5.74, 6) is -0.103. The zero-order valence-corrected chi connectivity index (χ0v) is 19.7. The van der Waals surface area contributed by atoms with E-state index in [0.717, 1.165) is 9.13 Å². The van der Waals surface area contributed by atoms with Crippen LogP contribution in [0.4, 0.5) is 0 Å². The van der Waals surface area contributed by atoms with Crippen LogP contribution < -0.4 is 14.3 Å². The van der Waals surface area contributed by atoms with Crippen LogP contribution in [0.3, 0.4) is 0 Å². The van der Waals surface area contributed by atoms with E-state index in [9.17, 15) is 13.2 Å². The van der Waals surface area contributed by atoms with Crippen molar-refractivity contribution in [1.82, 2.24) is 5.43 Å². The molecule has 3 aromatic carbocycles. The molecule has 3 aromatic rings. The average Bonchev–Trinajstić information content (AvgIpc) is 2.74. The Kier molecular flexibility index (Phi) is 7.29. The number of hydrogen-bond donors (Lipinski definition) is 1. The molecule has 1 amide bonds. The minimum absolute atomic E-state index is 0.0102. The van der Waals surface area contributed by atoms with Crippen LogP contribution in [-0.2, 0) is 10.1 Å². The standard InChI is InChI=1S/C22H19IN2O5S/c1-15-6-9-19(10-7-15)31(27,28)30-21-12-16(8-11-20(21)29-2)14-24-25-22(26)17-4-3-5-18(23)13-17/h3-14H,1-2H3,(H,25,26)/b24-14-. The predicted molar refractivity (Wildman–Crippen MR) is 126 cm³/mol. The summed E-state index contributed by atoms with van der Waals surface area (Å²) in [5.41, 5.74) is 4.36. The van der Waals surface area contributed by atoms with E-state index in [1.165, 1.54) is 31.5 Å². The lowest BCUT2D eigenvalue weighted by Gasteiger charge is -2.11. The lowest BCUT2D eigenvalue weighted by Crippen LogP contribution is -2.17. The van der Waals surface area contributed by atoms with Gasteiger partial charge in [-0.25, -0.2) is 5.43 Å². The number of nitrogens with zero attached hydrogens (tertiary/aromatic N) is 1. The monoisotopic (exact) mass is 550 g/mol. The second-order valence-corrected chi connectivity index (χ2v) is 9.26. The number of methoxy groups -OCH3 is 1. The van der Waals surface area contributed by atoms with Crippen LogP contribution in [0.1, 0.15) is 21.5 Å². The maximum atomic E-state index is 12.6. The first kappa shape index (κ1) is 22.8. The average molecular weight is 550 g/mol. The van der Waals surface area contributed by atoms with Crippen LogP contribution in [0.25, 0.3) is 0 Å². The van der Waals surface area contributed by atoms with Gasteiger partial charge in [-0.05, 0) is 83.6 Å². The van der Waals surface area contributed by atoms with E-state index < -0.39 is 10.1 Å². The largest absolute Gasteiger partial charge is 0.493 e. The van der Waals surface area contributed by atoms with Crippen molar-refractivity contribution in [2.24, 2.45) is 5.10 Å². The molecule has 0 heterocycles. The zero-order valence-electron chi connectivity index (χ0n) is 16.7. The Balaban J connectivity index is 1.78. The van der Waals surface area contributed by atoms with Gasteiger partial charge in [0.25, 0.3) is 5.91 Å². The third kappa shape index (κ3) is 6.05. The number of aryl methyl sites for hydroxylation is 1. The van der Waals surface area contributed by atoms with E-state index in [1.807, 2.05) is 13.0 Å². The quantitative estimate of drug-likeness (QED) is 0.207. The van der Waals surface area contributed by atoms with Gasteiger partial charge in [-0.1, -0.05) is 23.8 Å². The van der Waals surface area contributed by atoms with E-state index in [4.69, 9.17) is 8.92 Å². The number of hydrogen-bond acceptors (Lipinski definition) is 6. The van der Waals surface area contributed by atoms with Gasteiger partial charge in [0.05, 0.1) is 13.3 Å². The summed E-state index contributed by atoms with van der Waals surface area (Å²) < 4.78 is 36.7. The summed E-state index contributed by atoms with van der Waals surface area (Å²) in [6, 6.07) is 18.1. The van der Waals surface area contributed by atoms with Crippen LogP contribution in [0.15, 0.2) is 76.7 Å². The molecule has 0 aromatic heterocycles. The van der Waals surface area contributed by atoms with Crippen molar-refractivity contribution in [3.05, 3.63) is 87.0 Å². The van der Waals surface area contributed by atoms with Crippen molar-refractivity contribution in [2.45, 2.75) is 11.8 Å². The van der Waals surface area contributed by atoms with Gasteiger partial charge in [-0.2, -0.15) is 13.5 Å². The van der Waals surface area contributed by atoms with E-state index in [-0.39, 0.29) is 22.3 Å². The normalized spacial score (nSPS) is 11.3. The molecule has 0 radical (unpaired) electrons. The van der Waals surface area contributed by atoms with Crippen LogP contribution >= 0.6 is 22.6 Å². The number of rotatable bonds is 7.